The fraction of sp³-hybridized carbons (Fsp3) is 0.615. The highest BCUT2D eigenvalue weighted by Crippen LogP contribution is 2.27. The van der Waals surface area contributed by atoms with Crippen molar-refractivity contribution in [3.8, 4) is 0 Å². The van der Waals surface area contributed by atoms with Crippen LogP contribution in [0.2, 0.25) is 0 Å². The minimum atomic E-state index is 0.180. The maximum atomic E-state index is 12.0. The quantitative estimate of drug-likeness (QED) is 0.888. The fourth-order valence-corrected chi connectivity index (χ4v) is 3.11. The lowest BCUT2D eigenvalue weighted by atomic mass is 9.80. The van der Waals surface area contributed by atoms with E-state index in [1.807, 2.05) is 11.9 Å². The third-order valence-electron chi connectivity index (χ3n) is 3.54. The summed E-state index contributed by atoms with van der Waals surface area (Å²) in [7, 11) is 1.90. The molecule has 1 heterocycles. The molecule has 1 saturated carbocycles. The van der Waals surface area contributed by atoms with Crippen LogP contribution < -0.4 is 5.73 Å². The molecule has 1 aromatic rings. The van der Waals surface area contributed by atoms with E-state index < -0.39 is 0 Å². The van der Waals surface area contributed by atoms with Gasteiger partial charge in [-0.3, -0.25) is 4.79 Å². The minimum absolute atomic E-state index is 0.180. The first kappa shape index (κ1) is 12.6. The summed E-state index contributed by atoms with van der Waals surface area (Å²) in [5.74, 6) is 0.445. The van der Waals surface area contributed by atoms with E-state index >= 15 is 0 Å². The molecule has 1 amide bonds. The number of likely N-dealkylation sites (N-methyl/N-ethyl adjacent to an activating group) is 1. The molecule has 4 heteroatoms. The number of nitrogens with zero attached hydrogens (tertiary/aromatic N) is 1. The number of amides is 1. The zero-order chi connectivity index (χ0) is 12.4. The Balaban J connectivity index is 1.79. The van der Waals surface area contributed by atoms with Gasteiger partial charge in [0.1, 0.15) is 0 Å². The van der Waals surface area contributed by atoms with Crippen molar-refractivity contribution in [3.63, 3.8) is 0 Å². The van der Waals surface area contributed by atoms with Gasteiger partial charge in [0, 0.05) is 30.4 Å². The molecule has 1 aromatic heterocycles. The Labute approximate surface area is 107 Å². The van der Waals surface area contributed by atoms with Crippen LogP contribution in [-0.2, 0) is 11.2 Å². The largest absolute Gasteiger partial charge is 0.345 e. The van der Waals surface area contributed by atoms with E-state index in [-0.39, 0.29) is 17.9 Å². The molecule has 17 heavy (non-hydrogen) atoms. The van der Waals surface area contributed by atoms with Gasteiger partial charge in [-0.1, -0.05) is 0 Å². The van der Waals surface area contributed by atoms with Crippen LogP contribution in [0.1, 0.15) is 23.3 Å². The molecule has 3 nitrogen and oxygen atoms in total. The lowest BCUT2D eigenvalue weighted by molar-refractivity contribution is -0.137. The number of hydrogen-bond acceptors (Lipinski definition) is 3. The van der Waals surface area contributed by atoms with Gasteiger partial charge in [-0.05, 0) is 43.2 Å². The summed E-state index contributed by atoms with van der Waals surface area (Å²) >= 11 is 1.77. The van der Waals surface area contributed by atoms with Crippen LogP contribution in [0.25, 0.3) is 0 Å². The van der Waals surface area contributed by atoms with Crippen molar-refractivity contribution in [1.29, 1.82) is 0 Å². The lowest BCUT2D eigenvalue weighted by Gasteiger charge is -2.34. The highest BCUT2D eigenvalue weighted by atomic mass is 32.1. The van der Waals surface area contributed by atoms with Crippen molar-refractivity contribution >= 4 is 17.2 Å². The Morgan fingerprint density at radius 3 is 2.82 bits per heavy atom. The first-order valence-corrected chi connectivity index (χ1v) is 6.99. The molecule has 94 valence electrons. The molecule has 0 aliphatic heterocycles. The number of carbonyl (C=O) groups is 1. The third-order valence-corrected chi connectivity index (χ3v) is 4.63. The first-order valence-electron chi connectivity index (χ1n) is 6.11. The van der Waals surface area contributed by atoms with Gasteiger partial charge in [0.25, 0.3) is 0 Å². The molecular formula is C13H20N2OS. The standard InChI is InChI=1S/C13H20N2OS/c1-9-4-6-17-12(9)3-5-15(2)13(16)10-7-11(14)8-10/h4,6,10-11H,3,5,7-8,14H2,1-2H3. The molecule has 0 radical (unpaired) electrons. The van der Waals surface area contributed by atoms with Gasteiger partial charge in [-0.2, -0.15) is 0 Å². The molecule has 0 saturated heterocycles. The highest BCUT2D eigenvalue weighted by molar-refractivity contribution is 7.10. The van der Waals surface area contributed by atoms with Gasteiger partial charge in [0.05, 0.1) is 0 Å². The molecule has 1 aliphatic carbocycles. The number of nitrogens with two attached hydrogens (primary N) is 1. The molecule has 0 spiro atoms. The Morgan fingerprint density at radius 2 is 2.29 bits per heavy atom. The summed E-state index contributed by atoms with van der Waals surface area (Å²) in [5, 5.41) is 2.11. The van der Waals surface area contributed by atoms with Crippen molar-refractivity contribution < 1.29 is 4.79 Å². The van der Waals surface area contributed by atoms with Crippen LogP contribution in [0, 0.1) is 12.8 Å². The zero-order valence-corrected chi connectivity index (χ0v) is 11.3. The molecule has 0 aromatic carbocycles. The van der Waals surface area contributed by atoms with Crippen LogP contribution in [0.3, 0.4) is 0 Å². The topological polar surface area (TPSA) is 46.3 Å². The van der Waals surface area contributed by atoms with Crippen LogP contribution >= 0.6 is 11.3 Å². The van der Waals surface area contributed by atoms with E-state index in [9.17, 15) is 4.79 Å². The second kappa shape index (κ2) is 5.19. The van der Waals surface area contributed by atoms with Gasteiger partial charge in [-0.25, -0.2) is 0 Å². The molecule has 1 fully saturated rings. The number of rotatable bonds is 4. The maximum Gasteiger partial charge on any atom is 0.225 e. The maximum absolute atomic E-state index is 12.0. The van der Waals surface area contributed by atoms with Gasteiger partial charge in [0.15, 0.2) is 0 Å². The van der Waals surface area contributed by atoms with Crippen molar-refractivity contribution in [1.82, 2.24) is 4.90 Å². The molecule has 2 rings (SSSR count). The van der Waals surface area contributed by atoms with Crippen LogP contribution in [0.4, 0.5) is 0 Å². The Morgan fingerprint density at radius 1 is 1.59 bits per heavy atom. The smallest absolute Gasteiger partial charge is 0.225 e. The van der Waals surface area contributed by atoms with E-state index in [0.29, 0.717) is 0 Å². The van der Waals surface area contributed by atoms with E-state index in [4.69, 9.17) is 5.73 Å². The summed E-state index contributed by atoms with van der Waals surface area (Å²) in [6.07, 6.45) is 2.69. The van der Waals surface area contributed by atoms with Crippen molar-refractivity contribution in [3.05, 3.63) is 21.9 Å². The SMILES string of the molecule is Cc1ccsc1CCN(C)C(=O)C1CC(N)C1. The average Bonchev–Trinajstić information content (AvgIpc) is 2.66. The summed E-state index contributed by atoms with van der Waals surface area (Å²) < 4.78 is 0. The monoisotopic (exact) mass is 252 g/mol. The van der Waals surface area contributed by atoms with E-state index in [2.05, 4.69) is 18.4 Å². The summed E-state index contributed by atoms with van der Waals surface area (Å²) in [6, 6.07) is 2.38. The van der Waals surface area contributed by atoms with Crippen molar-refractivity contribution in [2.75, 3.05) is 13.6 Å². The molecule has 0 bridgehead atoms. The van der Waals surface area contributed by atoms with Gasteiger partial charge >= 0.3 is 0 Å². The second-order valence-corrected chi connectivity index (χ2v) is 5.97. The lowest BCUT2D eigenvalue weighted by Crippen LogP contribution is -2.46. The van der Waals surface area contributed by atoms with Crippen molar-refractivity contribution in [2.24, 2.45) is 11.7 Å². The summed E-state index contributed by atoms with van der Waals surface area (Å²) in [6.45, 7) is 2.94. The zero-order valence-electron chi connectivity index (χ0n) is 10.5. The fourth-order valence-electron chi connectivity index (χ4n) is 2.21. The molecule has 0 atom stereocenters. The average molecular weight is 252 g/mol. The third kappa shape index (κ3) is 2.87. The van der Waals surface area contributed by atoms with E-state index in [0.717, 1.165) is 25.8 Å². The van der Waals surface area contributed by atoms with Gasteiger partial charge in [-0.15, -0.1) is 11.3 Å². The Hall–Kier alpha value is -0.870. The van der Waals surface area contributed by atoms with Gasteiger partial charge in [0.2, 0.25) is 5.91 Å². The van der Waals surface area contributed by atoms with Gasteiger partial charge < -0.3 is 10.6 Å². The highest BCUT2D eigenvalue weighted by Gasteiger charge is 2.33. The van der Waals surface area contributed by atoms with Crippen LogP contribution in [0.15, 0.2) is 11.4 Å². The predicted octanol–water partition coefficient (Wildman–Crippen LogP) is 1.79. The van der Waals surface area contributed by atoms with Crippen LogP contribution in [0.5, 0.6) is 0 Å². The van der Waals surface area contributed by atoms with Crippen molar-refractivity contribution in [2.45, 2.75) is 32.2 Å². The first-order chi connectivity index (χ1) is 8.08. The molecule has 1 aliphatic rings. The second-order valence-electron chi connectivity index (χ2n) is 4.96. The molecular weight excluding hydrogens is 232 g/mol. The van der Waals surface area contributed by atoms with E-state index in [1.54, 1.807) is 11.3 Å². The number of aryl methyl sites for hydroxylation is 1. The minimum Gasteiger partial charge on any atom is -0.345 e. The number of hydrogen-bond donors (Lipinski definition) is 1. The number of thiophene rings is 1. The predicted molar refractivity (Wildman–Crippen MR) is 71.1 cm³/mol. The van der Waals surface area contributed by atoms with Crippen LogP contribution in [-0.4, -0.2) is 30.4 Å². The summed E-state index contributed by atoms with van der Waals surface area (Å²) in [4.78, 5) is 15.2. The Bertz CT molecular complexity index is 396. The summed E-state index contributed by atoms with van der Waals surface area (Å²) in [5.41, 5.74) is 7.04. The number of carbonyl (C=O) groups excluding carboxylic acids is 1. The molecule has 2 N–H and O–H groups in total. The molecule has 0 unspecified atom stereocenters. The van der Waals surface area contributed by atoms with E-state index in [1.165, 1.54) is 10.4 Å². The normalized spacial score (nSPS) is 23.2. The Kier molecular flexibility index (Phi) is 3.84.